The van der Waals surface area contributed by atoms with Crippen molar-refractivity contribution in [3.8, 4) is 5.75 Å². The predicted molar refractivity (Wildman–Crippen MR) is 163 cm³/mol. The van der Waals surface area contributed by atoms with Crippen molar-refractivity contribution >= 4 is 39.3 Å². The maximum Gasteiger partial charge on any atom is 0.282 e. The minimum atomic E-state index is -0.637. The summed E-state index contributed by atoms with van der Waals surface area (Å²) >= 11 is 3.41. The van der Waals surface area contributed by atoms with Crippen LogP contribution in [-0.2, 0) is 29.8 Å². The van der Waals surface area contributed by atoms with Gasteiger partial charge in [-0.05, 0) is 76.6 Å². The number of fused-ring (bicyclic) bond motifs is 1. The largest absolute Gasteiger partial charge is 0.489 e. The molecule has 3 amide bonds. The number of aromatic nitrogens is 2. The van der Waals surface area contributed by atoms with E-state index in [0.717, 1.165) is 30.6 Å². The number of benzene rings is 2. The highest BCUT2D eigenvalue weighted by Crippen LogP contribution is 2.32. The van der Waals surface area contributed by atoms with Gasteiger partial charge in [-0.1, -0.05) is 24.3 Å². The molecule has 2 fully saturated rings. The predicted octanol–water partition coefficient (Wildman–Crippen LogP) is 2.78. The number of imide groups is 1. The zero-order chi connectivity index (χ0) is 30.2. The Morgan fingerprint density at radius 1 is 1.07 bits per heavy atom. The number of halogens is 1. The highest BCUT2D eigenvalue weighted by molar-refractivity contribution is 9.10. The summed E-state index contributed by atoms with van der Waals surface area (Å²) in [5.41, 5.74) is 4.17. The van der Waals surface area contributed by atoms with Gasteiger partial charge in [0.05, 0.1) is 11.9 Å². The van der Waals surface area contributed by atoms with Gasteiger partial charge < -0.3 is 19.9 Å². The Morgan fingerprint density at radius 2 is 1.86 bits per heavy atom. The van der Waals surface area contributed by atoms with Crippen molar-refractivity contribution in [2.24, 2.45) is 7.05 Å². The monoisotopic (exact) mass is 648 g/mol. The molecule has 0 aliphatic carbocycles. The third-order valence-corrected chi connectivity index (χ3v) is 9.19. The third kappa shape index (κ3) is 6.07. The number of nitrogens with one attached hydrogen (secondary N) is 2. The van der Waals surface area contributed by atoms with Gasteiger partial charge in [0.2, 0.25) is 11.8 Å². The molecule has 3 aliphatic rings. The number of piperidine rings is 2. The van der Waals surface area contributed by atoms with Gasteiger partial charge in [-0.3, -0.25) is 24.5 Å². The van der Waals surface area contributed by atoms with E-state index >= 15 is 0 Å². The van der Waals surface area contributed by atoms with Crippen LogP contribution in [0, 0.1) is 0 Å². The first-order chi connectivity index (χ1) is 20.7. The van der Waals surface area contributed by atoms with Crippen molar-refractivity contribution in [3.63, 3.8) is 0 Å². The molecule has 0 saturated carbocycles. The molecule has 1 aromatic heterocycles. The second-order valence-corrected chi connectivity index (χ2v) is 12.3. The van der Waals surface area contributed by atoms with Crippen molar-refractivity contribution in [2.75, 3.05) is 25.5 Å². The average Bonchev–Trinajstić information content (AvgIpc) is 3.31. The van der Waals surface area contributed by atoms with Crippen LogP contribution in [-0.4, -0.2) is 69.5 Å². The Morgan fingerprint density at radius 3 is 2.63 bits per heavy atom. The molecule has 3 aromatic rings. The van der Waals surface area contributed by atoms with Crippen molar-refractivity contribution in [2.45, 2.75) is 50.4 Å². The van der Waals surface area contributed by atoms with Gasteiger partial charge in [0, 0.05) is 44.7 Å². The van der Waals surface area contributed by atoms with E-state index in [-0.39, 0.29) is 29.8 Å². The summed E-state index contributed by atoms with van der Waals surface area (Å²) < 4.78 is 7.87. The number of hydrogen-bond acceptors (Lipinski definition) is 8. The quantitative estimate of drug-likeness (QED) is 0.375. The molecular weight excluding hydrogens is 616 g/mol. The second kappa shape index (κ2) is 11.9. The van der Waals surface area contributed by atoms with Crippen LogP contribution in [0.15, 0.2) is 57.9 Å². The molecule has 0 radical (unpaired) electrons. The molecule has 2 saturated heterocycles. The SMILES string of the molecule is CN1C[C@@H](Nc2cnn(C)c(=O)c2Br)C[C@@H](c2ccc(COc3ccc4c(c3)CN(C3CCC(=O)NC3=O)C4=O)cc2)C1. The van der Waals surface area contributed by atoms with Crippen molar-refractivity contribution < 1.29 is 19.1 Å². The number of hydrogen-bond donors (Lipinski definition) is 2. The molecule has 224 valence electrons. The third-order valence-electron chi connectivity index (χ3n) is 8.42. The number of amides is 3. The molecule has 1 unspecified atom stereocenters. The van der Waals surface area contributed by atoms with Crippen molar-refractivity contribution in [1.82, 2.24) is 24.9 Å². The van der Waals surface area contributed by atoms with Gasteiger partial charge >= 0.3 is 0 Å². The lowest BCUT2D eigenvalue weighted by Gasteiger charge is -2.37. The van der Waals surface area contributed by atoms with Crippen molar-refractivity contribution in [3.05, 3.63) is 85.7 Å². The van der Waals surface area contributed by atoms with Crippen LogP contribution in [0.3, 0.4) is 0 Å². The first-order valence-corrected chi connectivity index (χ1v) is 15.1. The summed E-state index contributed by atoms with van der Waals surface area (Å²) in [6.07, 6.45) is 3.16. The molecule has 43 heavy (non-hydrogen) atoms. The van der Waals surface area contributed by atoms with E-state index in [2.05, 4.69) is 67.9 Å². The zero-order valence-electron chi connectivity index (χ0n) is 24.0. The van der Waals surface area contributed by atoms with E-state index in [1.807, 2.05) is 6.07 Å². The number of nitrogens with zero attached hydrogens (tertiary/aromatic N) is 4. The van der Waals surface area contributed by atoms with Crippen LogP contribution in [0.5, 0.6) is 5.75 Å². The van der Waals surface area contributed by atoms with Crippen LogP contribution < -0.4 is 20.9 Å². The Balaban J connectivity index is 1.06. The fourth-order valence-corrected chi connectivity index (χ4v) is 6.66. The van der Waals surface area contributed by atoms with E-state index < -0.39 is 11.9 Å². The standard InChI is InChI=1S/C31H33BrN6O5/c1-36-14-20(11-22(16-36)34-25-13-33-37(2)31(42)28(25)32)19-5-3-18(4-6-19)17-43-23-7-8-24-21(12-23)15-38(30(24)41)26-9-10-27(39)35-29(26)40/h3-8,12-13,20,22,26,34H,9-11,14-17H2,1-2H3,(H,35,39,40)/t20-,22+,26?/m1/s1. The van der Waals surface area contributed by atoms with Gasteiger partial charge in [0.15, 0.2) is 0 Å². The fourth-order valence-electron chi connectivity index (χ4n) is 6.19. The second-order valence-electron chi connectivity index (χ2n) is 11.5. The number of ether oxygens (including phenoxy) is 1. The lowest BCUT2D eigenvalue weighted by molar-refractivity contribution is -0.136. The molecule has 11 nitrogen and oxygen atoms in total. The molecule has 0 bridgehead atoms. The molecule has 4 heterocycles. The van der Waals surface area contributed by atoms with Gasteiger partial charge in [-0.2, -0.15) is 5.10 Å². The minimum absolute atomic E-state index is 0.162. The van der Waals surface area contributed by atoms with E-state index in [4.69, 9.17) is 4.74 Å². The molecular formula is C31H33BrN6O5. The maximum atomic E-state index is 12.9. The topological polar surface area (TPSA) is 126 Å². The van der Waals surface area contributed by atoms with Gasteiger partial charge in [-0.25, -0.2) is 4.68 Å². The fraction of sp³-hybridized carbons (Fsp3) is 0.387. The van der Waals surface area contributed by atoms with E-state index in [9.17, 15) is 19.2 Å². The number of likely N-dealkylation sites (tertiary alicyclic amines) is 1. The highest BCUT2D eigenvalue weighted by atomic mass is 79.9. The smallest absolute Gasteiger partial charge is 0.282 e. The van der Waals surface area contributed by atoms with Crippen molar-refractivity contribution in [1.29, 1.82) is 0 Å². The summed E-state index contributed by atoms with van der Waals surface area (Å²) in [4.78, 5) is 52.9. The van der Waals surface area contributed by atoms with Gasteiger partial charge in [-0.15, -0.1) is 0 Å². The summed E-state index contributed by atoms with van der Waals surface area (Å²) in [6, 6.07) is 13.4. The molecule has 3 aliphatic heterocycles. The number of carbonyl (C=O) groups is 3. The zero-order valence-corrected chi connectivity index (χ0v) is 25.6. The Labute approximate surface area is 257 Å². The Bertz CT molecular complexity index is 1640. The Hall–Kier alpha value is -4.03. The summed E-state index contributed by atoms with van der Waals surface area (Å²) in [7, 11) is 3.73. The van der Waals surface area contributed by atoms with Crippen LogP contribution >= 0.6 is 15.9 Å². The van der Waals surface area contributed by atoms with Gasteiger partial charge in [0.1, 0.15) is 22.9 Å². The number of rotatable bonds is 7. The Kier molecular flexibility index (Phi) is 8.06. The number of carbonyl (C=O) groups excluding carboxylic acids is 3. The molecule has 0 spiro atoms. The number of likely N-dealkylation sites (N-methyl/N-ethyl adjacent to an activating group) is 1. The molecule has 3 atom stereocenters. The summed E-state index contributed by atoms with van der Waals surface area (Å²) in [5.74, 6) is 0.0586. The molecule has 12 heteroatoms. The van der Waals surface area contributed by atoms with E-state index in [1.54, 1.807) is 25.4 Å². The van der Waals surface area contributed by atoms with E-state index in [1.165, 1.54) is 15.1 Å². The number of aryl methyl sites for hydroxylation is 1. The number of anilines is 1. The lowest BCUT2D eigenvalue weighted by atomic mass is 9.88. The minimum Gasteiger partial charge on any atom is -0.489 e. The van der Waals surface area contributed by atoms with E-state index in [0.29, 0.717) is 47.0 Å². The molecule has 2 N–H and O–H groups in total. The van der Waals surface area contributed by atoms with Crippen LogP contribution in [0.25, 0.3) is 0 Å². The summed E-state index contributed by atoms with van der Waals surface area (Å²) in [5, 5.41) is 9.97. The summed E-state index contributed by atoms with van der Waals surface area (Å²) in [6.45, 7) is 2.49. The van der Waals surface area contributed by atoms with Crippen LogP contribution in [0.2, 0.25) is 0 Å². The van der Waals surface area contributed by atoms with Gasteiger partial charge in [0.25, 0.3) is 11.5 Å². The normalized spacial score (nSPS) is 22.3. The maximum absolute atomic E-state index is 12.9. The molecule has 6 rings (SSSR count). The highest BCUT2D eigenvalue weighted by Gasteiger charge is 2.39. The molecule has 2 aromatic carbocycles. The van der Waals surface area contributed by atoms with Crippen LogP contribution in [0.4, 0.5) is 5.69 Å². The van der Waals surface area contributed by atoms with Crippen LogP contribution in [0.1, 0.15) is 52.2 Å². The average molecular weight is 650 g/mol. The first kappa shape index (κ1) is 29.1. The first-order valence-electron chi connectivity index (χ1n) is 14.3. The lowest BCUT2D eigenvalue weighted by Crippen LogP contribution is -2.52.